The number of alkyl halides is 1. The van der Waals surface area contributed by atoms with E-state index in [0.29, 0.717) is 18.0 Å². The van der Waals surface area contributed by atoms with Crippen LogP contribution in [0.4, 0.5) is 0 Å². The van der Waals surface area contributed by atoms with Crippen LogP contribution in [0, 0.1) is 0 Å². The van der Waals surface area contributed by atoms with Crippen molar-refractivity contribution in [1.29, 1.82) is 0 Å². The van der Waals surface area contributed by atoms with Gasteiger partial charge in [-0.15, -0.1) is 11.6 Å². The lowest BCUT2D eigenvalue weighted by Crippen LogP contribution is -2.31. The largest absolute Gasteiger partial charge is 0.465 e. The fourth-order valence-electron chi connectivity index (χ4n) is 2.36. The van der Waals surface area contributed by atoms with Crippen molar-refractivity contribution >= 4 is 28.6 Å². The maximum Gasteiger partial charge on any atom is 0.337 e. The third-order valence-corrected chi connectivity index (χ3v) is 3.79. The molecule has 1 atom stereocenters. The average Bonchev–Trinajstić information content (AvgIpc) is 2.78. The Kier molecular flexibility index (Phi) is 3.63. The summed E-state index contributed by atoms with van der Waals surface area (Å²) in [5.74, 6) is 0.765. The molecule has 6 heteroatoms. The van der Waals surface area contributed by atoms with Gasteiger partial charge in [-0.1, -0.05) is 0 Å². The standard InChI is InChI=1S/C14H15ClN2O3/c1-19-14(18)9-2-3-11-12(6-9)17(13(7-15)16-11)8-10-4-5-20-10/h2-3,6,10H,4-5,7-8H2,1H3. The minimum Gasteiger partial charge on any atom is -0.465 e. The quantitative estimate of drug-likeness (QED) is 0.641. The van der Waals surface area contributed by atoms with Crippen LogP contribution in [-0.4, -0.2) is 35.3 Å². The minimum absolute atomic E-state index is 0.205. The molecule has 1 aromatic carbocycles. The number of ether oxygens (including phenoxy) is 2. The second kappa shape index (κ2) is 5.42. The monoisotopic (exact) mass is 294 g/mol. The fraction of sp³-hybridized carbons (Fsp3) is 0.429. The predicted molar refractivity (Wildman–Crippen MR) is 75.0 cm³/mol. The first-order valence-corrected chi connectivity index (χ1v) is 7.01. The molecule has 2 aromatic rings. The van der Waals surface area contributed by atoms with Crippen molar-refractivity contribution in [1.82, 2.24) is 9.55 Å². The summed E-state index contributed by atoms with van der Waals surface area (Å²) < 4.78 is 12.2. The van der Waals surface area contributed by atoms with Gasteiger partial charge < -0.3 is 14.0 Å². The number of methoxy groups -OCH3 is 1. The molecule has 1 saturated heterocycles. The Morgan fingerprint density at radius 3 is 3.00 bits per heavy atom. The zero-order chi connectivity index (χ0) is 14.1. The third-order valence-electron chi connectivity index (χ3n) is 3.55. The highest BCUT2D eigenvalue weighted by Gasteiger charge is 2.22. The van der Waals surface area contributed by atoms with E-state index < -0.39 is 0 Å². The molecule has 3 rings (SSSR count). The van der Waals surface area contributed by atoms with Crippen LogP contribution in [0.15, 0.2) is 18.2 Å². The molecular weight excluding hydrogens is 280 g/mol. The number of esters is 1. The van der Waals surface area contributed by atoms with Crippen molar-refractivity contribution in [3.63, 3.8) is 0 Å². The van der Waals surface area contributed by atoms with Gasteiger partial charge in [0.05, 0.1) is 42.2 Å². The Morgan fingerprint density at radius 1 is 1.60 bits per heavy atom. The number of fused-ring (bicyclic) bond motifs is 1. The van der Waals surface area contributed by atoms with Crippen molar-refractivity contribution in [3.05, 3.63) is 29.6 Å². The van der Waals surface area contributed by atoms with Crippen LogP contribution in [-0.2, 0) is 21.9 Å². The fourth-order valence-corrected chi connectivity index (χ4v) is 2.56. The lowest BCUT2D eigenvalue weighted by Gasteiger charge is -2.27. The van der Waals surface area contributed by atoms with Crippen LogP contribution in [0.2, 0.25) is 0 Å². The van der Waals surface area contributed by atoms with Gasteiger partial charge in [0.15, 0.2) is 0 Å². The number of halogens is 1. The van der Waals surface area contributed by atoms with E-state index in [2.05, 4.69) is 4.98 Å². The number of nitrogens with zero attached hydrogens (tertiary/aromatic N) is 2. The Balaban J connectivity index is 2.05. The summed E-state index contributed by atoms with van der Waals surface area (Å²) in [5, 5.41) is 0. The lowest BCUT2D eigenvalue weighted by molar-refractivity contribution is -0.0589. The normalized spacial score (nSPS) is 18.0. The molecule has 0 spiro atoms. The summed E-state index contributed by atoms with van der Waals surface area (Å²) in [5.41, 5.74) is 2.23. The van der Waals surface area contributed by atoms with Gasteiger partial charge in [0.1, 0.15) is 5.82 Å². The summed E-state index contributed by atoms with van der Waals surface area (Å²) in [4.78, 5) is 16.1. The van der Waals surface area contributed by atoms with Crippen LogP contribution >= 0.6 is 11.6 Å². The van der Waals surface area contributed by atoms with Crippen molar-refractivity contribution in [2.75, 3.05) is 13.7 Å². The molecule has 0 saturated carbocycles. The highest BCUT2D eigenvalue weighted by atomic mass is 35.5. The maximum atomic E-state index is 11.6. The topological polar surface area (TPSA) is 53.3 Å². The van der Waals surface area contributed by atoms with E-state index in [0.717, 1.165) is 29.9 Å². The number of carbonyl (C=O) groups excluding carboxylic acids is 1. The van der Waals surface area contributed by atoms with Crippen LogP contribution in [0.1, 0.15) is 22.6 Å². The van der Waals surface area contributed by atoms with Gasteiger partial charge in [-0.2, -0.15) is 0 Å². The number of rotatable bonds is 4. The van der Waals surface area contributed by atoms with Crippen molar-refractivity contribution in [3.8, 4) is 0 Å². The van der Waals surface area contributed by atoms with Gasteiger partial charge in [0.2, 0.25) is 0 Å². The number of hydrogen-bond acceptors (Lipinski definition) is 4. The molecule has 0 bridgehead atoms. The SMILES string of the molecule is COC(=O)c1ccc2nc(CCl)n(CC3CCO3)c2c1. The second-order valence-electron chi connectivity index (χ2n) is 4.75. The number of benzene rings is 1. The zero-order valence-electron chi connectivity index (χ0n) is 11.1. The highest BCUT2D eigenvalue weighted by Crippen LogP contribution is 2.23. The molecule has 2 heterocycles. The third kappa shape index (κ3) is 2.27. The van der Waals surface area contributed by atoms with E-state index in [1.807, 2.05) is 10.6 Å². The van der Waals surface area contributed by atoms with Crippen molar-refractivity contribution in [2.45, 2.75) is 24.9 Å². The van der Waals surface area contributed by atoms with Crippen LogP contribution < -0.4 is 0 Å². The Bertz CT molecular complexity index is 649. The average molecular weight is 295 g/mol. The molecule has 0 N–H and O–H groups in total. The molecule has 1 aliphatic heterocycles. The smallest absolute Gasteiger partial charge is 0.337 e. The number of carbonyl (C=O) groups is 1. The molecule has 1 fully saturated rings. The van der Waals surface area contributed by atoms with Crippen LogP contribution in [0.25, 0.3) is 11.0 Å². The first-order valence-electron chi connectivity index (χ1n) is 6.48. The van der Waals surface area contributed by atoms with Crippen LogP contribution in [0.5, 0.6) is 0 Å². The molecule has 1 aromatic heterocycles. The zero-order valence-corrected chi connectivity index (χ0v) is 11.9. The summed E-state index contributed by atoms with van der Waals surface area (Å²) >= 11 is 5.96. The predicted octanol–water partition coefficient (Wildman–Crippen LogP) is 2.35. The van der Waals surface area contributed by atoms with E-state index in [-0.39, 0.29) is 12.1 Å². The Labute approximate surface area is 121 Å². The molecular formula is C14H15ClN2O3. The first kappa shape index (κ1) is 13.4. The minimum atomic E-state index is -0.355. The van der Waals surface area contributed by atoms with E-state index >= 15 is 0 Å². The first-order chi connectivity index (χ1) is 9.72. The van der Waals surface area contributed by atoms with Gasteiger partial charge in [0.25, 0.3) is 0 Å². The summed E-state index contributed by atoms with van der Waals surface area (Å²) in [6.45, 7) is 1.52. The van der Waals surface area contributed by atoms with E-state index in [1.54, 1.807) is 12.1 Å². The van der Waals surface area contributed by atoms with Gasteiger partial charge in [0, 0.05) is 6.61 Å². The Morgan fingerprint density at radius 2 is 2.40 bits per heavy atom. The second-order valence-corrected chi connectivity index (χ2v) is 5.02. The van der Waals surface area contributed by atoms with Gasteiger partial charge >= 0.3 is 5.97 Å². The summed E-state index contributed by atoms with van der Waals surface area (Å²) in [7, 11) is 1.37. The molecule has 5 nitrogen and oxygen atoms in total. The van der Waals surface area contributed by atoms with E-state index in [1.165, 1.54) is 7.11 Å². The number of imidazole rings is 1. The van der Waals surface area contributed by atoms with Crippen molar-refractivity contribution in [2.24, 2.45) is 0 Å². The number of hydrogen-bond donors (Lipinski definition) is 0. The molecule has 0 aliphatic carbocycles. The maximum absolute atomic E-state index is 11.6. The van der Waals surface area contributed by atoms with Crippen molar-refractivity contribution < 1.29 is 14.3 Å². The molecule has 0 radical (unpaired) electrons. The Hall–Kier alpha value is -1.59. The van der Waals surface area contributed by atoms with E-state index in [4.69, 9.17) is 21.1 Å². The molecule has 106 valence electrons. The molecule has 1 unspecified atom stereocenters. The van der Waals surface area contributed by atoms with Crippen LogP contribution in [0.3, 0.4) is 0 Å². The summed E-state index contributed by atoms with van der Waals surface area (Å²) in [6, 6.07) is 5.32. The highest BCUT2D eigenvalue weighted by molar-refractivity contribution is 6.16. The molecule has 1 aliphatic rings. The molecule has 20 heavy (non-hydrogen) atoms. The summed E-state index contributed by atoms with van der Waals surface area (Å²) in [6.07, 6.45) is 1.24. The number of aromatic nitrogens is 2. The molecule has 0 amide bonds. The van der Waals surface area contributed by atoms with Gasteiger partial charge in [-0.3, -0.25) is 0 Å². The van der Waals surface area contributed by atoms with E-state index in [9.17, 15) is 4.79 Å². The lowest BCUT2D eigenvalue weighted by atomic mass is 10.1. The van der Waals surface area contributed by atoms with Gasteiger partial charge in [-0.25, -0.2) is 9.78 Å². The van der Waals surface area contributed by atoms with Gasteiger partial charge in [-0.05, 0) is 24.6 Å².